The minimum Gasteiger partial charge on any atom is -0.262 e. The van der Waals surface area contributed by atoms with Gasteiger partial charge < -0.3 is 0 Å². The lowest BCUT2D eigenvalue weighted by molar-refractivity contribution is 0.823. The van der Waals surface area contributed by atoms with E-state index in [1.807, 2.05) is 0 Å². The van der Waals surface area contributed by atoms with Crippen molar-refractivity contribution < 1.29 is 0 Å². The molecule has 1 aliphatic rings. The topological polar surface area (TPSA) is 24.7 Å². The van der Waals surface area contributed by atoms with Crippen molar-refractivity contribution in [2.75, 3.05) is 6.54 Å². The second-order valence-corrected chi connectivity index (χ2v) is 12.9. The standard InChI is InChI=1S/C47H42N2/c1-4-5-17-35-24-25-41(26-33(35)2)44-29-37-19-11-13-21-39(37)31-46(44)45-30-38-20-12-10-18-36(38)28-43(45)40-22-14-23-42(27-40)47(48-3)49-32-34-15-8-6-7-9-16-34/h5-6,8,10-15,17-31H,3-4,7,9,16,32H2,1-2H3/b17-5-,49-47-. The normalized spacial score (nSPS) is 13.6. The monoisotopic (exact) mass is 634 g/mol. The van der Waals surface area contributed by atoms with E-state index in [-0.39, 0.29) is 0 Å². The Labute approximate surface area is 290 Å². The van der Waals surface area contributed by atoms with Crippen LogP contribution in [0.4, 0.5) is 0 Å². The van der Waals surface area contributed by atoms with Crippen molar-refractivity contribution in [3.05, 3.63) is 162 Å². The van der Waals surface area contributed by atoms with E-state index in [1.165, 1.54) is 66.1 Å². The molecule has 7 rings (SSSR count). The summed E-state index contributed by atoms with van der Waals surface area (Å²) in [5.74, 6) is 0.678. The summed E-state index contributed by atoms with van der Waals surface area (Å²) in [5.41, 5.74) is 12.0. The molecule has 0 heterocycles. The van der Waals surface area contributed by atoms with E-state index in [0.29, 0.717) is 12.4 Å². The number of hydrogen-bond acceptors (Lipinski definition) is 1. The molecule has 0 atom stereocenters. The molecule has 0 aliphatic heterocycles. The van der Waals surface area contributed by atoms with E-state index in [0.717, 1.165) is 36.8 Å². The van der Waals surface area contributed by atoms with Crippen molar-refractivity contribution >= 4 is 40.2 Å². The second kappa shape index (κ2) is 14.7. The molecule has 49 heavy (non-hydrogen) atoms. The van der Waals surface area contributed by atoms with Crippen LogP contribution in [0, 0.1) is 6.92 Å². The number of amidine groups is 1. The average Bonchev–Trinajstić information content (AvgIpc) is 3.42. The van der Waals surface area contributed by atoms with Gasteiger partial charge in [-0.1, -0.05) is 122 Å². The number of allylic oxidation sites excluding steroid dienone is 4. The van der Waals surface area contributed by atoms with Crippen LogP contribution < -0.4 is 0 Å². The molecule has 0 spiro atoms. The molecule has 0 saturated heterocycles. The molecule has 0 saturated carbocycles. The molecule has 0 N–H and O–H groups in total. The molecule has 0 amide bonds. The summed E-state index contributed by atoms with van der Waals surface area (Å²) in [6.07, 6.45) is 15.4. The van der Waals surface area contributed by atoms with Crippen LogP contribution >= 0.6 is 0 Å². The smallest absolute Gasteiger partial charge is 0.154 e. The first-order valence-corrected chi connectivity index (χ1v) is 17.4. The highest BCUT2D eigenvalue weighted by atomic mass is 14.9. The summed E-state index contributed by atoms with van der Waals surface area (Å²) >= 11 is 0. The zero-order valence-electron chi connectivity index (χ0n) is 28.5. The SMILES string of the molecule is C=N/C(=N\CC1=CC=CCCC1)c1cccc(-c2cc3ccccc3cc2-c2cc3ccccc3cc2-c2ccc(/C=C\CC)c(C)c2)c1. The zero-order valence-corrected chi connectivity index (χ0v) is 28.5. The summed E-state index contributed by atoms with van der Waals surface area (Å²) in [6, 6.07) is 42.3. The summed E-state index contributed by atoms with van der Waals surface area (Å²) in [7, 11) is 0. The van der Waals surface area contributed by atoms with E-state index < -0.39 is 0 Å². The van der Waals surface area contributed by atoms with Gasteiger partial charge in [-0.25, -0.2) is 4.99 Å². The third-order valence-electron chi connectivity index (χ3n) is 9.53. The van der Waals surface area contributed by atoms with Gasteiger partial charge >= 0.3 is 0 Å². The Bertz CT molecular complexity index is 2300. The van der Waals surface area contributed by atoms with Crippen LogP contribution in [0.25, 0.3) is 61.0 Å². The number of fused-ring (bicyclic) bond motifs is 2. The molecule has 2 heteroatoms. The third-order valence-corrected chi connectivity index (χ3v) is 9.53. The van der Waals surface area contributed by atoms with Crippen molar-refractivity contribution in [3.8, 4) is 33.4 Å². The van der Waals surface area contributed by atoms with Gasteiger partial charge in [0.2, 0.25) is 0 Å². The van der Waals surface area contributed by atoms with Gasteiger partial charge in [-0.05, 0) is 141 Å². The van der Waals surface area contributed by atoms with Gasteiger partial charge in [0, 0.05) is 5.56 Å². The van der Waals surface area contributed by atoms with Gasteiger partial charge in [0.05, 0.1) is 6.54 Å². The molecular weight excluding hydrogens is 593 g/mol. The van der Waals surface area contributed by atoms with E-state index in [2.05, 4.69) is 171 Å². The summed E-state index contributed by atoms with van der Waals surface area (Å²) in [6.45, 7) is 8.93. The van der Waals surface area contributed by atoms with Crippen molar-refractivity contribution in [2.45, 2.75) is 39.5 Å². The van der Waals surface area contributed by atoms with Gasteiger partial charge in [-0.3, -0.25) is 4.99 Å². The summed E-state index contributed by atoms with van der Waals surface area (Å²) in [5, 5.41) is 4.88. The minimum absolute atomic E-state index is 0.636. The third kappa shape index (κ3) is 7.00. The Hall–Kier alpha value is -5.60. The Kier molecular flexibility index (Phi) is 9.57. The fourth-order valence-electron chi connectivity index (χ4n) is 6.88. The Morgan fingerprint density at radius 3 is 1.96 bits per heavy atom. The van der Waals surface area contributed by atoms with Gasteiger partial charge in [-0.2, -0.15) is 0 Å². The molecule has 0 radical (unpaired) electrons. The Morgan fingerprint density at radius 1 is 0.714 bits per heavy atom. The predicted molar refractivity (Wildman–Crippen MR) is 214 cm³/mol. The molecule has 240 valence electrons. The first-order chi connectivity index (χ1) is 24.1. The molecule has 6 aromatic rings. The lowest BCUT2D eigenvalue weighted by atomic mass is 9.85. The quantitative estimate of drug-likeness (QED) is 0.118. The van der Waals surface area contributed by atoms with Crippen LogP contribution in [0.2, 0.25) is 0 Å². The van der Waals surface area contributed by atoms with Crippen LogP contribution in [0.5, 0.6) is 0 Å². The Morgan fingerprint density at radius 2 is 1.35 bits per heavy atom. The fraction of sp³-hybridized carbons (Fsp3) is 0.149. The van der Waals surface area contributed by atoms with Gasteiger partial charge in [-0.15, -0.1) is 0 Å². The predicted octanol–water partition coefficient (Wildman–Crippen LogP) is 12.8. The van der Waals surface area contributed by atoms with E-state index in [1.54, 1.807) is 0 Å². The second-order valence-electron chi connectivity index (χ2n) is 12.9. The highest BCUT2D eigenvalue weighted by Crippen LogP contribution is 2.43. The number of aliphatic imine (C=N–C) groups is 2. The van der Waals surface area contributed by atoms with Crippen LogP contribution in [-0.4, -0.2) is 19.1 Å². The van der Waals surface area contributed by atoms with Gasteiger partial charge in [0.15, 0.2) is 5.84 Å². The van der Waals surface area contributed by atoms with Crippen molar-refractivity contribution in [1.82, 2.24) is 0 Å². The number of hydrogen-bond donors (Lipinski definition) is 0. The largest absolute Gasteiger partial charge is 0.262 e. The molecule has 0 aromatic heterocycles. The number of benzene rings is 6. The van der Waals surface area contributed by atoms with Gasteiger partial charge in [0.1, 0.15) is 0 Å². The first-order valence-electron chi connectivity index (χ1n) is 17.4. The highest BCUT2D eigenvalue weighted by Gasteiger charge is 2.17. The average molecular weight is 635 g/mol. The lowest BCUT2D eigenvalue weighted by Crippen LogP contribution is -2.00. The van der Waals surface area contributed by atoms with Crippen LogP contribution in [0.1, 0.15) is 49.3 Å². The Balaban J connectivity index is 1.41. The van der Waals surface area contributed by atoms with Gasteiger partial charge in [0.25, 0.3) is 0 Å². The first kappa shape index (κ1) is 32.0. The molecule has 2 nitrogen and oxygen atoms in total. The highest BCUT2D eigenvalue weighted by molar-refractivity contribution is 6.06. The number of aryl methyl sites for hydroxylation is 1. The van der Waals surface area contributed by atoms with Crippen molar-refractivity contribution in [1.29, 1.82) is 0 Å². The van der Waals surface area contributed by atoms with Crippen molar-refractivity contribution in [3.63, 3.8) is 0 Å². The summed E-state index contributed by atoms with van der Waals surface area (Å²) < 4.78 is 0. The molecule has 0 fully saturated rings. The van der Waals surface area contributed by atoms with Crippen molar-refractivity contribution in [2.24, 2.45) is 9.98 Å². The fourth-order valence-corrected chi connectivity index (χ4v) is 6.88. The maximum Gasteiger partial charge on any atom is 0.154 e. The maximum atomic E-state index is 4.95. The number of rotatable bonds is 8. The summed E-state index contributed by atoms with van der Waals surface area (Å²) in [4.78, 5) is 9.35. The van der Waals surface area contributed by atoms with E-state index >= 15 is 0 Å². The lowest BCUT2D eigenvalue weighted by Gasteiger charge is -2.19. The molecular formula is C47H42N2. The maximum absolute atomic E-state index is 4.95. The molecule has 0 unspecified atom stereocenters. The zero-order chi connectivity index (χ0) is 33.6. The van der Waals surface area contributed by atoms with E-state index in [4.69, 9.17) is 4.99 Å². The molecule has 1 aliphatic carbocycles. The molecule has 6 aromatic carbocycles. The molecule has 0 bridgehead atoms. The minimum atomic E-state index is 0.636. The van der Waals surface area contributed by atoms with Crippen LogP contribution in [0.15, 0.2) is 155 Å². The number of nitrogens with zero attached hydrogens (tertiary/aromatic N) is 2. The van der Waals surface area contributed by atoms with Crippen LogP contribution in [-0.2, 0) is 0 Å². The van der Waals surface area contributed by atoms with E-state index in [9.17, 15) is 0 Å². The van der Waals surface area contributed by atoms with Crippen LogP contribution in [0.3, 0.4) is 0 Å².